The number of rotatable bonds is 4. The lowest BCUT2D eigenvalue weighted by Crippen LogP contribution is -2.38. The summed E-state index contributed by atoms with van der Waals surface area (Å²) in [7, 11) is 0. The van der Waals surface area contributed by atoms with Crippen molar-refractivity contribution >= 4 is 11.4 Å². The maximum absolute atomic E-state index is 11.0. The molecular formula is C14H20N2O2. The molecule has 0 bridgehead atoms. The van der Waals surface area contributed by atoms with Gasteiger partial charge in [0, 0.05) is 12.1 Å². The van der Waals surface area contributed by atoms with E-state index in [2.05, 4.69) is 19.2 Å². The molecular weight excluding hydrogens is 228 g/mol. The first kappa shape index (κ1) is 12.9. The van der Waals surface area contributed by atoms with Gasteiger partial charge >= 0.3 is 0 Å². The van der Waals surface area contributed by atoms with Crippen LogP contribution in [-0.2, 0) is 0 Å². The topological polar surface area (TPSA) is 55.2 Å². The first-order valence-electron chi connectivity index (χ1n) is 6.49. The van der Waals surface area contributed by atoms with Crippen LogP contribution < -0.4 is 5.32 Å². The minimum absolute atomic E-state index is 0.175. The smallest absolute Gasteiger partial charge is 0.292 e. The highest BCUT2D eigenvalue weighted by Crippen LogP contribution is 2.37. The normalized spacial score (nSPS) is 22.7. The Morgan fingerprint density at radius 1 is 1.39 bits per heavy atom. The second kappa shape index (κ2) is 4.96. The highest BCUT2D eigenvalue weighted by atomic mass is 16.6. The Hall–Kier alpha value is -1.58. The van der Waals surface area contributed by atoms with Crippen LogP contribution in [0.15, 0.2) is 18.2 Å². The molecule has 0 unspecified atom stereocenters. The van der Waals surface area contributed by atoms with Crippen LogP contribution in [0.25, 0.3) is 0 Å². The van der Waals surface area contributed by atoms with E-state index in [4.69, 9.17) is 0 Å². The van der Waals surface area contributed by atoms with Gasteiger partial charge in [0.05, 0.1) is 4.92 Å². The summed E-state index contributed by atoms with van der Waals surface area (Å²) in [4.78, 5) is 10.6. The number of hydrogen-bond acceptors (Lipinski definition) is 3. The van der Waals surface area contributed by atoms with Crippen LogP contribution in [0.1, 0.15) is 32.3 Å². The molecule has 1 fully saturated rings. The van der Waals surface area contributed by atoms with Gasteiger partial charge in [-0.15, -0.1) is 0 Å². The number of nitrogens with one attached hydrogen (secondary N) is 1. The van der Waals surface area contributed by atoms with E-state index in [0.717, 1.165) is 24.3 Å². The maximum Gasteiger partial charge on any atom is 0.292 e. The van der Waals surface area contributed by atoms with Crippen molar-refractivity contribution in [2.24, 2.45) is 11.8 Å². The van der Waals surface area contributed by atoms with Gasteiger partial charge in [0.2, 0.25) is 0 Å². The SMILES string of the molecule is Cc1ccc([N+](=O)[O-])c(NC2CC(C(C)C)C2)c1. The quantitative estimate of drug-likeness (QED) is 0.652. The average molecular weight is 248 g/mol. The third-order valence-corrected chi connectivity index (χ3v) is 3.83. The van der Waals surface area contributed by atoms with Crippen molar-refractivity contribution in [1.29, 1.82) is 0 Å². The van der Waals surface area contributed by atoms with Gasteiger partial charge in [-0.2, -0.15) is 0 Å². The molecule has 0 saturated heterocycles. The molecule has 18 heavy (non-hydrogen) atoms. The minimum Gasteiger partial charge on any atom is -0.377 e. The van der Waals surface area contributed by atoms with Gasteiger partial charge in [0.1, 0.15) is 5.69 Å². The molecule has 1 aliphatic rings. The summed E-state index contributed by atoms with van der Waals surface area (Å²) < 4.78 is 0. The van der Waals surface area contributed by atoms with Crippen LogP contribution in [0.3, 0.4) is 0 Å². The Balaban J connectivity index is 2.06. The fourth-order valence-electron chi connectivity index (χ4n) is 2.47. The van der Waals surface area contributed by atoms with Crippen LogP contribution in [0, 0.1) is 28.9 Å². The Bertz CT molecular complexity index is 451. The summed E-state index contributed by atoms with van der Waals surface area (Å²) in [6.07, 6.45) is 2.23. The average Bonchev–Trinajstić information content (AvgIpc) is 2.21. The largest absolute Gasteiger partial charge is 0.377 e. The number of benzene rings is 1. The van der Waals surface area contributed by atoms with Crippen LogP contribution in [0.2, 0.25) is 0 Å². The highest BCUT2D eigenvalue weighted by molar-refractivity contribution is 5.63. The van der Waals surface area contributed by atoms with Crippen molar-refractivity contribution in [2.45, 2.75) is 39.7 Å². The molecule has 1 aromatic rings. The van der Waals surface area contributed by atoms with E-state index < -0.39 is 0 Å². The van der Waals surface area contributed by atoms with Gasteiger partial charge in [0.15, 0.2) is 0 Å². The summed E-state index contributed by atoms with van der Waals surface area (Å²) in [6.45, 7) is 6.42. The fraction of sp³-hybridized carbons (Fsp3) is 0.571. The van der Waals surface area contributed by atoms with Crippen LogP contribution in [0.4, 0.5) is 11.4 Å². The molecule has 1 aromatic carbocycles. The Morgan fingerprint density at radius 2 is 2.06 bits per heavy atom. The van der Waals surface area contributed by atoms with E-state index in [1.165, 1.54) is 0 Å². The molecule has 1 N–H and O–H groups in total. The Labute approximate surface area is 108 Å². The lowest BCUT2D eigenvalue weighted by atomic mass is 9.73. The second-order valence-electron chi connectivity index (χ2n) is 5.59. The van der Waals surface area contributed by atoms with E-state index in [9.17, 15) is 10.1 Å². The molecule has 0 amide bonds. The summed E-state index contributed by atoms with van der Waals surface area (Å²) in [5, 5.41) is 14.3. The van der Waals surface area contributed by atoms with Crippen molar-refractivity contribution in [3.63, 3.8) is 0 Å². The van der Waals surface area contributed by atoms with Gasteiger partial charge in [0.25, 0.3) is 5.69 Å². The third kappa shape index (κ3) is 2.63. The van der Waals surface area contributed by atoms with E-state index in [-0.39, 0.29) is 10.6 Å². The van der Waals surface area contributed by atoms with Gasteiger partial charge in [-0.1, -0.05) is 19.9 Å². The predicted octanol–water partition coefficient (Wildman–Crippen LogP) is 3.75. The van der Waals surface area contributed by atoms with E-state index in [1.807, 2.05) is 13.0 Å². The number of nitrogens with zero attached hydrogens (tertiary/aromatic N) is 1. The molecule has 0 aliphatic heterocycles. The summed E-state index contributed by atoms with van der Waals surface area (Å²) in [5.41, 5.74) is 1.88. The minimum atomic E-state index is -0.319. The zero-order valence-corrected chi connectivity index (χ0v) is 11.1. The van der Waals surface area contributed by atoms with Crippen molar-refractivity contribution in [3.8, 4) is 0 Å². The number of nitro groups is 1. The predicted molar refractivity (Wildman–Crippen MR) is 72.8 cm³/mol. The van der Waals surface area contributed by atoms with E-state index in [1.54, 1.807) is 12.1 Å². The van der Waals surface area contributed by atoms with Crippen LogP contribution in [0.5, 0.6) is 0 Å². The van der Waals surface area contributed by atoms with Crippen molar-refractivity contribution < 1.29 is 4.92 Å². The Kier molecular flexibility index (Phi) is 3.55. The van der Waals surface area contributed by atoms with Gasteiger partial charge < -0.3 is 5.32 Å². The number of hydrogen-bond donors (Lipinski definition) is 1. The molecule has 4 nitrogen and oxygen atoms in total. The first-order chi connectivity index (χ1) is 8.47. The molecule has 2 rings (SSSR count). The number of nitro benzene ring substituents is 1. The van der Waals surface area contributed by atoms with Gasteiger partial charge in [-0.3, -0.25) is 10.1 Å². The number of anilines is 1. The Morgan fingerprint density at radius 3 is 2.61 bits per heavy atom. The second-order valence-corrected chi connectivity index (χ2v) is 5.59. The zero-order valence-electron chi connectivity index (χ0n) is 11.1. The number of aryl methyl sites for hydroxylation is 1. The summed E-state index contributed by atoms with van der Waals surface area (Å²) in [5.74, 6) is 1.46. The molecule has 0 heterocycles. The first-order valence-corrected chi connectivity index (χ1v) is 6.49. The molecule has 1 saturated carbocycles. The highest BCUT2D eigenvalue weighted by Gasteiger charge is 2.32. The lowest BCUT2D eigenvalue weighted by molar-refractivity contribution is -0.384. The lowest BCUT2D eigenvalue weighted by Gasteiger charge is -2.38. The third-order valence-electron chi connectivity index (χ3n) is 3.83. The van der Waals surface area contributed by atoms with Gasteiger partial charge in [-0.25, -0.2) is 0 Å². The molecule has 0 aromatic heterocycles. The van der Waals surface area contributed by atoms with Gasteiger partial charge in [-0.05, 0) is 43.2 Å². The molecule has 4 heteroatoms. The molecule has 0 atom stereocenters. The monoisotopic (exact) mass is 248 g/mol. The molecule has 0 radical (unpaired) electrons. The molecule has 98 valence electrons. The van der Waals surface area contributed by atoms with Crippen molar-refractivity contribution in [1.82, 2.24) is 0 Å². The molecule has 0 spiro atoms. The zero-order chi connectivity index (χ0) is 13.3. The van der Waals surface area contributed by atoms with E-state index >= 15 is 0 Å². The maximum atomic E-state index is 11.0. The van der Waals surface area contributed by atoms with E-state index in [0.29, 0.717) is 17.6 Å². The summed E-state index contributed by atoms with van der Waals surface area (Å²) in [6, 6.07) is 5.61. The van der Waals surface area contributed by atoms with Crippen molar-refractivity contribution in [2.75, 3.05) is 5.32 Å². The van der Waals surface area contributed by atoms with Crippen molar-refractivity contribution in [3.05, 3.63) is 33.9 Å². The summed E-state index contributed by atoms with van der Waals surface area (Å²) >= 11 is 0. The fourth-order valence-corrected chi connectivity index (χ4v) is 2.47. The standard InChI is InChI=1S/C14H20N2O2/c1-9(2)11-7-12(8-11)15-13-6-10(3)4-5-14(13)16(17)18/h4-6,9,11-12,15H,7-8H2,1-3H3. The molecule has 1 aliphatic carbocycles. The van der Waals surface area contributed by atoms with Crippen LogP contribution >= 0.6 is 0 Å². The van der Waals surface area contributed by atoms with Crippen LogP contribution in [-0.4, -0.2) is 11.0 Å².